The molecule has 5 nitrogen and oxygen atoms in total. The van der Waals surface area contributed by atoms with Crippen LogP contribution >= 0.6 is 0 Å². The fraction of sp³-hybridized carbons (Fsp3) is 0.222. The summed E-state index contributed by atoms with van der Waals surface area (Å²) >= 11 is 0. The molecule has 0 fully saturated rings. The molecule has 1 heterocycles. The molecule has 0 spiro atoms. The minimum absolute atomic E-state index is 0.118. The van der Waals surface area contributed by atoms with Crippen molar-refractivity contribution in [2.45, 2.75) is 0 Å². The van der Waals surface area contributed by atoms with Crippen LogP contribution in [0.1, 0.15) is 21.0 Å². The predicted molar refractivity (Wildman–Crippen MR) is 51.0 cm³/mol. The summed E-state index contributed by atoms with van der Waals surface area (Å²) in [4.78, 5) is 26.1. The molecule has 0 aliphatic heterocycles. The second-order valence-corrected chi connectivity index (χ2v) is 2.66. The van der Waals surface area contributed by atoms with E-state index in [2.05, 4.69) is 4.98 Å². The molecule has 14 heavy (non-hydrogen) atoms. The number of carbonyl (C=O) groups excluding carboxylic acids is 2. The Morgan fingerprint density at radius 2 is 1.50 bits per heavy atom. The fourth-order valence-corrected chi connectivity index (χ4v) is 0.954. The zero-order chi connectivity index (χ0) is 10.6. The van der Waals surface area contributed by atoms with Crippen LogP contribution < -0.4 is 11.5 Å². The third-order valence-electron chi connectivity index (χ3n) is 1.69. The van der Waals surface area contributed by atoms with Crippen molar-refractivity contribution < 1.29 is 9.59 Å². The summed E-state index contributed by atoms with van der Waals surface area (Å²) in [6, 6.07) is 4.61. The number of aromatic nitrogens is 1. The van der Waals surface area contributed by atoms with E-state index in [1.165, 1.54) is 12.1 Å². The highest BCUT2D eigenvalue weighted by atomic mass is 16.1. The number of nitrogens with two attached hydrogens (primary N) is 2. The van der Waals surface area contributed by atoms with Gasteiger partial charge in [0.2, 0.25) is 0 Å². The maximum absolute atomic E-state index is 11.1. The molecular weight excluding hydrogens is 182 g/mol. The van der Waals surface area contributed by atoms with Crippen LogP contribution in [0.3, 0.4) is 0 Å². The quantitative estimate of drug-likeness (QED) is 0.620. The van der Waals surface area contributed by atoms with Crippen molar-refractivity contribution in [3.05, 3.63) is 29.6 Å². The first-order valence-electron chi connectivity index (χ1n) is 4.12. The number of Topliss-reactive ketones (excluding diaryl/α,β-unsaturated/α-hetero) is 2. The smallest absolute Gasteiger partial charge is 0.194 e. The Kier molecular flexibility index (Phi) is 3.44. The van der Waals surface area contributed by atoms with Crippen molar-refractivity contribution >= 4 is 11.6 Å². The maximum Gasteiger partial charge on any atom is 0.194 e. The second-order valence-electron chi connectivity index (χ2n) is 2.66. The lowest BCUT2D eigenvalue weighted by molar-refractivity contribution is 0.0993. The third kappa shape index (κ3) is 2.21. The van der Waals surface area contributed by atoms with E-state index >= 15 is 0 Å². The fourth-order valence-electron chi connectivity index (χ4n) is 0.954. The van der Waals surface area contributed by atoms with E-state index in [0.717, 1.165) is 0 Å². The minimum Gasteiger partial charge on any atom is -0.324 e. The highest BCUT2D eigenvalue weighted by Gasteiger charge is 2.09. The number of carbonyl (C=O) groups is 2. The normalized spacial score (nSPS) is 9.86. The largest absolute Gasteiger partial charge is 0.324 e. The van der Waals surface area contributed by atoms with Gasteiger partial charge in [0.25, 0.3) is 0 Å². The van der Waals surface area contributed by atoms with Crippen LogP contribution in [0.4, 0.5) is 0 Å². The van der Waals surface area contributed by atoms with Crippen molar-refractivity contribution in [3.63, 3.8) is 0 Å². The summed E-state index contributed by atoms with van der Waals surface area (Å²) in [7, 11) is 0. The van der Waals surface area contributed by atoms with Crippen LogP contribution in [0.15, 0.2) is 18.2 Å². The van der Waals surface area contributed by atoms with Crippen molar-refractivity contribution in [2.75, 3.05) is 13.1 Å². The van der Waals surface area contributed by atoms with E-state index in [-0.39, 0.29) is 36.0 Å². The number of ketones is 2. The summed E-state index contributed by atoms with van der Waals surface area (Å²) in [5.74, 6) is -0.589. The van der Waals surface area contributed by atoms with Crippen LogP contribution in [0, 0.1) is 0 Å². The van der Waals surface area contributed by atoms with Crippen LogP contribution in [0.5, 0.6) is 0 Å². The first kappa shape index (κ1) is 10.5. The van der Waals surface area contributed by atoms with Crippen molar-refractivity contribution in [3.8, 4) is 0 Å². The average Bonchev–Trinajstić information content (AvgIpc) is 2.27. The van der Waals surface area contributed by atoms with Gasteiger partial charge in [-0.25, -0.2) is 4.98 Å². The molecule has 0 unspecified atom stereocenters. The van der Waals surface area contributed by atoms with Crippen molar-refractivity contribution in [1.82, 2.24) is 4.98 Å². The van der Waals surface area contributed by atoms with Crippen LogP contribution in [0.25, 0.3) is 0 Å². The standard InChI is InChI=1S/C9H11N3O2/c10-4-8(13)6-2-1-3-7(12-6)9(14)5-11/h1-3H,4-5,10-11H2. The number of hydrogen-bond acceptors (Lipinski definition) is 5. The molecule has 4 N–H and O–H groups in total. The number of hydrogen-bond donors (Lipinski definition) is 2. The third-order valence-corrected chi connectivity index (χ3v) is 1.69. The Morgan fingerprint density at radius 1 is 1.07 bits per heavy atom. The second kappa shape index (κ2) is 4.59. The van der Waals surface area contributed by atoms with Gasteiger partial charge in [0.05, 0.1) is 13.1 Å². The van der Waals surface area contributed by atoms with Gasteiger partial charge in [-0.15, -0.1) is 0 Å². The average molecular weight is 193 g/mol. The lowest BCUT2D eigenvalue weighted by atomic mass is 10.2. The van der Waals surface area contributed by atoms with E-state index in [9.17, 15) is 9.59 Å². The number of nitrogens with zero attached hydrogens (tertiary/aromatic N) is 1. The molecule has 0 aromatic carbocycles. The molecule has 0 aliphatic rings. The Morgan fingerprint density at radius 3 is 1.86 bits per heavy atom. The molecule has 1 aromatic rings. The van der Waals surface area contributed by atoms with Crippen LogP contribution in [-0.4, -0.2) is 29.6 Å². The zero-order valence-electron chi connectivity index (χ0n) is 7.56. The molecule has 5 heteroatoms. The lowest BCUT2D eigenvalue weighted by Gasteiger charge is -2.00. The SMILES string of the molecule is NCC(=O)c1cccc(C(=O)CN)n1. The van der Waals surface area contributed by atoms with Crippen LogP contribution in [-0.2, 0) is 0 Å². The van der Waals surface area contributed by atoms with Gasteiger partial charge in [0.1, 0.15) is 11.4 Å². The highest BCUT2D eigenvalue weighted by Crippen LogP contribution is 2.00. The lowest BCUT2D eigenvalue weighted by Crippen LogP contribution is -2.19. The first-order valence-corrected chi connectivity index (χ1v) is 4.12. The monoisotopic (exact) mass is 193 g/mol. The van der Waals surface area contributed by atoms with Crippen LogP contribution in [0.2, 0.25) is 0 Å². The summed E-state index contributed by atoms with van der Waals surface area (Å²) < 4.78 is 0. The topological polar surface area (TPSA) is 99.1 Å². The van der Waals surface area contributed by atoms with E-state index in [1.54, 1.807) is 6.07 Å². The highest BCUT2D eigenvalue weighted by molar-refractivity contribution is 5.99. The van der Waals surface area contributed by atoms with E-state index in [4.69, 9.17) is 11.5 Å². The van der Waals surface area contributed by atoms with Crippen molar-refractivity contribution in [1.29, 1.82) is 0 Å². The molecular formula is C9H11N3O2. The zero-order valence-corrected chi connectivity index (χ0v) is 7.56. The number of pyridine rings is 1. The number of rotatable bonds is 4. The summed E-state index contributed by atoms with van der Waals surface area (Å²) in [6.45, 7) is -0.236. The molecule has 0 saturated heterocycles. The summed E-state index contributed by atoms with van der Waals surface area (Å²) in [6.07, 6.45) is 0. The minimum atomic E-state index is -0.295. The van der Waals surface area contributed by atoms with Gasteiger partial charge in [-0.2, -0.15) is 0 Å². The van der Waals surface area contributed by atoms with Crippen molar-refractivity contribution in [2.24, 2.45) is 11.5 Å². The molecule has 0 bridgehead atoms. The molecule has 0 amide bonds. The molecule has 0 radical (unpaired) electrons. The summed E-state index contributed by atoms with van der Waals surface area (Å²) in [5, 5.41) is 0. The van der Waals surface area contributed by atoms with Gasteiger partial charge < -0.3 is 11.5 Å². The van der Waals surface area contributed by atoms with E-state index in [0.29, 0.717) is 0 Å². The molecule has 74 valence electrons. The Balaban J connectivity index is 3.01. The first-order chi connectivity index (χ1) is 6.69. The molecule has 1 rings (SSSR count). The summed E-state index contributed by atoms with van der Waals surface area (Å²) in [5.41, 5.74) is 10.7. The maximum atomic E-state index is 11.1. The van der Waals surface area contributed by atoms with Gasteiger partial charge in [-0.05, 0) is 12.1 Å². The van der Waals surface area contributed by atoms with Gasteiger partial charge in [-0.1, -0.05) is 6.07 Å². The molecule has 0 atom stereocenters. The Hall–Kier alpha value is -1.59. The molecule has 0 aliphatic carbocycles. The van der Waals surface area contributed by atoms with Gasteiger partial charge in [0.15, 0.2) is 11.6 Å². The predicted octanol–water partition coefficient (Wildman–Crippen LogP) is -0.636. The van der Waals surface area contributed by atoms with Gasteiger partial charge >= 0.3 is 0 Å². The Labute approximate surface area is 81.1 Å². The van der Waals surface area contributed by atoms with Gasteiger partial charge in [-0.3, -0.25) is 9.59 Å². The molecule has 1 aromatic heterocycles. The molecule has 0 saturated carbocycles. The van der Waals surface area contributed by atoms with E-state index in [1.807, 2.05) is 0 Å². The Bertz CT molecular complexity index is 332. The van der Waals surface area contributed by atoms with Gasteiger partial charge in [0, 0.05) is 0 Å². The van der Waals surface area contributed by atoms with E-state index < -0.39 is 0 Å².